The van der Waals surface area contributed by atoms with Crippen molar-refractivity contribution >= 4 is 51.0 Å². The number of likely N-dealkylation sites (tertiary alicyclic amines) is 1. The Balaban J connectivity index is 1.38. The Kier molecular flexibility index (Phi) is 8.18. The second-order valence-electron chi connectivity index (χ2n) is 12.8. The molecule has 0 unspecified atom stereocenters. The second kappa shape index (κ2) is 11.5. The highest BCUT2D eigenvalue weighted by Gasteiger charge is 2.47. The lowest BCUT2D eigenvalue weighted by atomic mass is 9.90. The summed E-state index contributed by atoms with van der Waals surface area (Å²) in [4.78, 5) is 72.5. The summed E-state index contributed by atoms with van der Waals surface area (Å²) in [6.45, 7) is 8.65. The van der Waals surface area contributed by atoms with Gasteiger partial charge in [0.05, 0.1) is 16.3 Å². The first-order valence-corrected chi connectivity index (χ1v) is 15.3. The van der Waals surface area contributed by atoms with Gasteiger partial charge >= 0.3 is 0 Å². The SMILES string of the molecule is CC(C)[C@H](NC(=O)C1CC1)C(=O)N1CC(C)(C)C[C@H]1C(=O)N[C@@H](C[C@@H]1CCNC1=O)C(=O)c1nc2ccccc2s1. The number of fused-ring (bicyclic) bond motifs is 1. The Morgan fingerprint density at radius 3 is 2.46 bits per heavy atom. The fourth-order valence-electron chi connectivity index (χ4n) is 5.82. The Labute approximate surface area is 244 Å². The Hall–Kier alpha value is -3.34. The number of hydrogen-bond acceptors (Lipinski definition) is 7. The van der Waals surface area contributed by atoms with Crippen LogP contribution in [0.3, 0.4) is 0 Å². The number of thiazole rings is 1. The quantitative estimate of drug-likeness (QED) is 0.369. The first-order valence-electron chi connectivity index (χ1n) is 14.5. The van der Waals surface area contributed by atoms with E-state index in [-0.39, 0.29) is 52.2 Å². The molecule has 2 aromatic rings. The molecule has 2 saturated heterocycles. The van der Waals surface area contributed by atoms with Gasteiger partial charge in [0, 0.05) is 24.9 Å². The molecule has 0 radical (unpaired) electrons. The average molecular weight is 582 g/mol. The van der Waals surface area contributed by atoms with Crippen molar-refractivity contribution in [2.45, 2.75) is 77.9 Å². The number of aromatic nitrogens is 1. The number of carbonyl (C=O) groups excluding carboxylic acids is 5. The van der Waals surface area contributed by atoms with Crippen LogP contribution in [-0.2, 0) is 19.2 Å². The predicted molar refractivity (Wildman–Crippen MR) is 155 cm³/mol. The summed E-state index contributed by atoms with van der Waals surface area (Å²) >= 11 is 1.26. The molecule has 1 aromatic heterocycles. The van der Waals surface area contributed by atoms with E-state index in [2.05, 4.69) is 20.9 Å². The molecule has 0 spiro atoms. The van der Waals surface area contributed by atoms with E-state index in [1.807, 2.05) is 52.0 Å². The van der Waals surface area contributed by atoms with Crippen LogP contribution in [0.4, 0.5) is 0 Å². The van der Waals surface area contributed by atoms with E-state index in [0.717, 1.165) is 17.5 Å². The number of para-hydroxylation sites is 1. The van der Waals surface area contributed by atoms with Crippen molar-refractivity contribution < 1.29 is 24.0 Å². The molecule has 3 N–H and O–H groups in total. The number of amides is 4. The monoisotopic (exact) mass is 581 g/mol. The lowest BCUT2D eigenvalue weighted by Crippen LogP contribution is -2.57. The van der Waals surface area contributed by atoms with Crippen molar-refractivity contribution in [3.63, 3.8) is 0 Å². The maximum Gasteiger partial charge on any atom is 0.246 e. The van der Waals surface area contributed by atoms with E-state index >= 15 is 0 Å². The van der Waals surface area contributed by atoms with E-state index in [1.165, 1.54) is 11.3 Å². The van der Waals surface area contributed by atoms with Gasteiger partial charge in [-0.2, -0.15) is 0 Å². The van der Waals surface area contributed by atoms with Gasteiger partial charge in [-0.1, -0.05) is 39.8 Å². The zero-order valence-electron chi connectivity index (χ0n) is 24.1. The van der Waals surface area contributed by atoms with Gasteiger partial charge < -0.3 is 20.9 Å². The normalized spacial score (nSPS) is 23.3. The van der Waals surface area contributed by atoms with Gasteiger partial charge in [0.1, 0.15) is 12.1 Å². The minimum Gasteiger partial charge on any atom is -0.356 e. The summed E-state index contributed by atoms with van der Waals surface area (Å²) in [5.41, 5.74) is 0.365. The number of nitrogens with one attached hydrogen (secondary N) is 3. The predicted octanol–water partition coefficient (Wildman–Crippen LogP) is 2.67. The molecule has 3 aliphatic rings. The summed E-state index contributed by atoms with van der Waals surface area (Å²) in [6, 6.07) is 4.93. The molecule has 3 heterocycles. The first kappa shape index (κ1) is 29.2. The summed E-state index contributed by atoms with van der Waals surface area (Å²) in [5, 5.41) is 8.93. The highest BCUT2D eigenvalue weighted by molar-refractivity contribution is 7.20. The molecule has 4 atom stereocenters. The van der Waals surface area contributed by atoms with Crippen molar-refractivity contribution in [3.05, 3.63) is 29.3 Å². The van der Waals surface area contributed by atoms with Gasteiger partial charge in [0.25, 0.3) is 0 Å². The molecule has 220 valence electrons. The van der Waals surface area contributed by atoms with Gasteiger partial charge in [-0.05, 0) is 55.6 Å². The fourth-order valence-corrected chi connectivity index (χ4v) is 6.78. The molecule has 10 nitrogen and oxygen atoms in total. The van der Waals surface area contributed by atoms with Gasteiger partial charge in [-0.3, -0.25) is 24.0 Å². The van der Waals surface area contributed by atoms with Crippen LogP contribution < -0.4 is 16.0 Å². The number of benzene rings is 1. The molecule has 41 heavy (non-hydrogen) atoms. The summed E-state index contributed by atoms with van der Waals surface area (Å²) < 4.78 is 0.863. The number of ketones is 1. The van der Waals surface area contributed by atoms with E-state index in [4.69, 9.17) is 0 Å². The van der Waals surface area contributed by atoms with Gasteiger partial charge in [-0.15, -0.1) is 11.3 Å². The minimum absolute atomic E-state index is 0.0415. The number of hydrogen-bond donors (Lipinski definition) is 3. The molecular weight excluding hydrogens is 542 g/mol. The van der Waals surface area contributed by atoms with Crippen molar-refractivity contribution in [3.8, 4) is 0 Å². The van der Waals surface area contributed by atoms with Gasteiger partial charge in [0.15, 0.2) is 5.01 Å². The van der Waals surface area contributed by atoms with Gasteiger partial charge in [-0.25, -0.2) is 4.98 Å². The van der Waals surface area contributed by atoms with Crippen LogP contribution in [-0.4, -0.2) is 70.5 Å². The second-order valence-corrected chi connectivity index (χ2v) is 13.8. The summed E-state index contributed by atoms with van der Waals surface area (Å²) in [6.07, 6.45) is 2.81. The van der Waals surface area contributed by atoms with E-state index in [1.54, 1.807) is 4.90 Å². The van der Waals surface area contributed by atoms with Crippen molar-refractivity contribution in [1.29, 1.82) is 0 Å². The number of carbonyl (C=O) groups is 5. The largest absolute Gasteiger partial charge is 0.356 e. The zero-order valence-corrected chi connectivity index (χ0v) is 24.9. The van der Waals surface area contributed by atoms with E-state index < -0.39 is 30.0 Å². The number of Topliss-reactive ketones (excluding diaryl/α,β-unsaturated/α-hetero) is 1. The molecule has 1 aliphatic carbocycles. The van der Waals surface area contributed by atoms with Crippen molar-refractivity contribution in [1.82, 2.24) is 25.8 Å². The standard InChI is InChI=1S/C30H39N5O5S/c1-16(2)23(34-26(38)17-9-10-17)29(40)35-15-30(3,4)14-21(35)27(39)32-20(13-18-11-12-31-25(18)37)24(36)28-33-19-7-5-6-8-22(19)41-28/h5-8,16-18,20-21,23H,9-15H2,1-4H3,(H,31,37)(H,32,39)(H,34,38)/t18-,20-,21-,23-/m0/s1. The smallest absolute Gasteiger partial charge is 0.246 e. The van der Waals surface area contributed by atoms with E-state index in [9.17, 15) is 24.0 Å². The van der Waals surface area contributed by atoms with Gasteiger partial charge in [0.2, 0.25) is 29.4 Å². The lowest BCUT2D eigenvalue weighted by molar-refractivity contribution is -0.142. The molecular formula is C30H39N5O5S. The summed E-state index contributed by atoms with van der Waals surface area (Å²) in [7, 11) is 0. The molecule has 0 bridgehead atoms. The molecule has 3 fully saturated rings. The third-order valence-electron chi connectivity index (χ3n) is 8.31. The van der Waals surface area contributed by atoms with Crippen LogP contribution in [0.15, 0.2) is 24.3 Å². The maximum absolute atomic E-state index is 13.9. The van der Waals surface area contributed by atoms with E-state index in [0.29, 0.717) is 31.4 Å². The van der Waals surface area contributed by atoms with Crippen molar-refractivity contribution in [2.24, 2.45) is 23.2 Å². The van der Waals surface area contributed by atoms with Crippen LogP contribution in [0, 0.1) is 23.2 Å². The zero-order chi connectivity index (χ0) is 29.5. The number of nitrogens with zero attached hydrogens (tertiary/aromatic N) is 2. The van der Waals surface area contributed by atoms with Crippen molar-refractivity contribution in [2.75, 3.05) is 13.1 Å². The van der Waals surface area contributed by atoms with Crippen LogP contribution in [0.25, 0.3) is 10.2 Å². The molecule has 2 aliphatic heterocycles. The molecule has 5 rings (SSSR count). The van der Waals surface area contributed by atoms with Crippen LogP contribution >= 0.6 is 11.3 Å². The topological polar surface area (TPSA) is 138 Å². The third kappa shape index (κ3) is 6.45. The Morgan fingerprint density at radius 2 is 1.83 bits per heavy atom. The number of rotatable bonds is 10. The van der Waals surface area contributed by atoms with Crippen LogP contribution in [0.2, 0.25) is 0 Å². The third-order valence-corrected chi connectivity index (χ3v) is 9.36. The lowest BCUT2D eigenvalue weighted by Gasteiger charge is -2.31. The van der Waals surface area contributed by atoms with Crippen LogP contribution in [0.5, 0.6) is 0 Å². The van der Waals surface area contributed by atoms with Crippen LogP contribution in [0.1, 0.15) is 69.6 Å². The first-order chi connectivity index (χ1) is 19.4. The maximum atomic E-state index is 13.9. The minimum atomic E-state index is -0.965. The highest BCUT2D eigenvalue weighted by Crippen LogP contribution is 2.36. The Bertz CT molecular complexity index is 1330. The highest BCUT2D eigenvalue weighted by atomic mass is 32.1. The summed E-state index contributed by atoms with van der Waals surface area (Å²) in [5.74, 6) is -1.92. The Morgan fingerprint density at radius 1 is 1.10 bits per heavy atom. The molecule has 11 heteroatoms. The molecule has 1 aromatic carbocycles. The molecule has 4 amide bonds. The molecule has 1 saturated carbocycles. The average Bonchev–Trinajstić information content (AvgIpc) is 3.43. The fraction of sp³-hybridized carbons (Fsp3) is 0.600.